The molecule has 0 saturated heterocycles. The number of hydrazone groups is 1. The van der Waals surface area contributed by atoms with Gasteiger partial charge in [-0.1, -0.05) is 73.3 Å². The number of hydrogen-bond donors (Lipinski definition) is 1. The zero-order chi connectivity index (χ0) is 17.5. The van der Waals surface area contributed by atoms with Gasteiger partial charge in [0.2, 0.25) is 5.91 Å². The van der Waals surface area contributed by atoms with E-state index in [4.69, 9.17) is 11.6 Å². The van der Waals surface area contributed by atoms with Crippen LogP contribution in [0.4, 0.5) is 0 Å². The van der Waals surface area contributed by atoms with Crippen LogP contribution in [0.3, 0.4) is 0 Å². The highest BCUT2D eigenvalue weighted by molar-refractivity contribution is 6.30. The van der Waals surface area contributed by atoms with Gasteiger partial charge < -0.3 is 0 Å². The van der Waals surface area contributed by atoms with E-state index in [0.29, 0.717) is 10.9 Å². The molecule has 2 aromatic carbocycles. The number of amides is 1. The quantitative estimate of drug-likeness (QED) is 0.585. The molecule has 1 N–H and O–H groups in total. The first-order valence-corrected chi connectivity index (χ1v) is 9.25. The summed E-state index contributed by atoms with van der Waals surface area (Å²) in [6.45, 7) is 0. The molecule has 1 amide bonds. The lowest BCUT2D eigenvalue weighted by Gasteiger charge is -2.29. The maximum absolute atomic E-state index is 12.8. The zero-order valence-corrected chi connectivity index (χ0v) is 15.0. The van der Waals surface area contributed by atoms with Gasteiger partial charge in [-0.2, -0.15) is 5.10 Å². The number of rotatable bonds is 5. The summed E-state index contributed by atoms with van der Waals surface area (Å²) in [4.78, 5) is 12.8. The van der Waals surface area contributed by atoms with E-state index in [-0.39, 0.29) is 11.8 Å². The van der Waals surface area contributed by atoms with Crippen molar-refractivity contribution in [3.05, 3.63) is 70.7 Å². The fourth-order valence-corrected chi connectivity index (χ4v) is 3.79. The van der Waals surface area contributed by atoms with Crippen molar-refractivity contribution in [1.29, 1.82) is 0 Å². The van der Waals surface area contributed by atoms with Crippen molar-refractivity contribution in [3.8, 4) is 0 Å². The van der Waals surface area contributed by atoms with Gasteiger partial charge in [0.15, 0.2) is 0 Å². The minimum Gasteiger partial charge on any atom is -0.272 e. The minimum atomic E-state index is -0.141. The number of nitrogens with one attached hydrogen (secondary N) is 1. The van der Waals surface area contributed by atoms with Crippen molar-refractivity contribution in [2.24, 2.45) is 11.0 Å². The van der Waals surface area contributed by atoms with E-state index < -0.39 is 0 Å². The number of carbonyl (C=O) groups is 1. The third-order valence-corrected chi connectivity index (χ3v) is 5.03. The molecule has 1 aliphatic carbocycles. The second-order valence-corrected chi connectivity index (χ2v) is 7.01. The maximum atomic E-state index is 12.8. The first-order chi connectivity index (χ1) is 12.2. The molecule has 3 nitrogen and oxygen atoms in total. The molecule has 0 spiro atoms. The summed E-state index contributed by atoms with van der Waals surface area (Å²) >= 11 is 5.97. The Balaban J connectivity index is 1.72. The first kappa shape index (κ1) is 17.7. The van der Waals surface area contributed by atoms with Crippen LogP contribution >= 0.6 is 11.6 Å². The number of halogens is 1. The van der Waals surface area contributed by atoms with E-state index in [1.807, 2.05) is 54.6 Å². The van der Waals surface area contributed by atoms with Crippen LogP contribution in [-0.4, -0.2) is 12.1 Å². The molecule has 25 heavy (non-hydrogen) atoms. The Kier molecular flexibility index (Phi) is 6.24. The first-order valence-electron chi connectivity index (χ1n) is 8.87. The molecular formula is C21H23ClN2O. The molecule has 3 rings (SSSR count). The summed E-state index contributed by atoms with van der Waals surface area (Å²) in [5, 5.41) is 4.79. The van der Waals surface area contributed by atoms with Crippen molar-refractivity contribution in [2.75, 3.05) is 0 Å². The Bertz CT molecular complexity index is 724. The molecule has 1 fully saturated rings. The smallest absolute Gasteiger partial charge is 0.247 e. The zero-order valence-electron chi connectivity index (χ0n) is 14.2. The highest BCUT2D eigenvalue weighted by Crippen LogP contribution is 2.36. The van der Waals surface area contributed by atoms with Crippen molar-refractivity contribution < 1.29 is 4.79 Å². The van der Waals surface area contributed by atoms with Crippen molar-refractivity contribution in [3.63, 3.8) is 0 Å². The van der Waals surface area contributed by atoms with E-state index in [1.165, 1.54) is 19.3 Å². The predicted octanol–water partition coefficient (Wildman–Crippen LogP) is 5.15. The Hall–Kier alpha value is -2.13. The third-order valence-electron chi connectivity index (χ3n) is 4.80. The maximum Gasteiger partial charge on any atom is 0.247 e. The summed E-state index contributed by atoms with van der Waals surface area (Å²) in [7, 11) is 0. The van der Waals surface area contributed by atoms with Gasteiger partial charge in [-0.05, 0) is 42.0 Å². The molecule has 1 saturated carbocycles. The van der Waals surface area contributed by atoms with Gasteiger partial charge in [0.1, 0.15) is 0 Å². The van der Waals surface area contributed by atoms with Crippen LogP contribution in [0.2, 0.25) is 5.02 Å². The monoisotopic (exact) mass is 354 g/mol. The van der Waals surface area contributed by atoms with Gasteiger partial charge >= 0.3 is 0 Å². The van der Waals surface area contributed by atoms with Crippen LogP contribution < -0.4 is 5.43 Å². The summed E-state index contributed by atoms with van der Waals surface area (Å²) in [5.41, 5.74) is 4.67. The molecule has 1 aliphatic rings. The van der Waals surface area contributed by atoms with E-state index in [1.54, 1.807) is 6.21 Å². The van der Waals surface area contributed by atoms with Gasteiger partial charge in [0.05, 0.1) is 12.1 Å². The van der Waals surface area contributed by atoms with E-state index in [2.05, 4.69) is 10.5 Å². The largest absolute Gasteiger partial charge is 0.272 e. The van der Waals surface area contributed by atoms with Gasteiger partial charge in [0, 0.05) is 5.02 Å². The summed E-state index contributed by atoms with van der Waals surface area (Å²) in [6, 6.07) is 17.4. The molecular weight excluding hydrogens is 332 g/mol. The number of benzene rings is 2. The fourth-order valence-electron chi connectivity index (χ4n) is 3.59. The molecule has 0 unspecified atom stereocenters. The van der Waals surface area contributed by atoms with E-state index in [9.17, 15) is 4.79 Å². The van der Waals surface area contributed by atoms with Crippen molar-refractivity contribution in [2.45, 2.75) is 38.0 Å². The van der Waals surface area contributed by atoms with Crippen LogP contribution in [-0.2, 0) is 4.79 Å². The van der Waals surface area contributed by atoms with Gasteiger partial charge in [0.25, 0.3) is 0 Å². The second-order valence-electron chi connectivity index (χ2n) is 6.58. The van der Waals surface area contributed by atoms with Crippen LogP contribution in [0.1, 0.15) is 49.1 Å². The Labute approximate surface area is 154 Å². The fraction of sp³-hybridized carbons (Fsp3) is 0.333. The molecule has 1 atom stereocenters. The number of carbonyl (C=O) groups excluding carboxylic acids is 1. The van der Waals surface area contributed by atoms with Crippen LogP contribution in [0.5, 0.6) is 0 Å². The molecule has 0 bridgehead atoms. The lowest BCUT2D eigenvalue weighted by Crippen LogP contribution is -2.31. The average Bonchev–Trinajstić information content (AvgIpc) is 2.64. The summed E-state index contributed by atoms with van der Waals surface area (Å²) in [5.74, 6) is 0.215. The second kappa shape index (κ2) is 8.82. The van der Waals surface area contributed by atoms with Crippen LogP contribution in [0.15, 0.2) is 59.7 Å². The Morgan fingerprint density at radius 3 is 2.56 bits per heavy atom. The Morgan fingerprint density at radius 1 is 1.08 bits per heavy atom. The van der Waals surface area contributed by atoms with Gasteiger partial charge in [-0.15, -0.1) is 0 Å². The molecule has 0 aliphatic heterocycles. The average molecular weight is 355 g/mol. The SMILES string of the molecule is O=C(N/N=C\c1cccc(Cl)c1)[C@H](c1ccccc1)C1CCCCC1. The Morgan fingerprint density at radius 2 is 1.84 bits per heavy atom. The van der Waals surface area contributed by atoms with Crippen LogP contribution in [0, 0.1) is 5.92 Å². The highest BCUT2D eigenvalue weighted by atomic mass is 35.5. The van der Waals surface area contributed by atoms with Gasteiger partial charge in [-0.25, -0.2) is 5.43 Å². The lowest BCUT2D eigenvalue weighted by molar-refractivity contribution is -0.124. The van der Waals surface area contributed by atoms with E-state index in [0.717, 1.165) is 24.0 Å². The van der Waals surface area contributed by atoms with Gasteiger partial charge in [-0.3, -0.25) is 4.79 Å². The lowest BCUT2D eigenvalue weighted by atomic mass is 9.76. The minimum absolute atomic E-state index is 0.0311. The topological polar surface area (TPSA) is 41.5 Å². The molecule has 130 valence electrons. The molecule has 0 heterocycles. The molecule has 4 heteroatoms. The van der Waals surface area contributed by atoms with Crippen molar-refractivity contribution in [1.82, 2.24) is 5.43 Å². The normalized spacial score (nSPS) is 16.7. The summed E-state index contributed by atoms with van der Waals surface area (Å²) in [6.07, 6.45) is 7.51. The molecule has 0 aromatic heterocycles. The molecule has 2 aromatic rings. The van der Waals surface area contributed by atoms with Crippen LogP contribution in [0.25, 0.3) is 0 Å². The van der Waals surface area contributed by atoms with Crippen molar-refractivity contribution >= 4 is 23.7 Å². The number of nitrogens with zero attached hydrogens (tertiary/aromatic N) is 1. The third kappa shape index (κ3) is 4.93. The van der Waals surface area contributed by atoms with E-state index >= 15 is 0 Å². The predicted molar refractivity (Wildman–Crippen MR) is 103 cm³/mol. The standard InChI is InChI=1S/C21H23ClN2O/c22-19-13-7-8-16(14-19)15-23-24-21(25)20(17-9-3-1-4-10-17)18-11-5-2-6-12-18/h1,3-4,7-10,13-15,18,20H,2,5-6,11-12H2,(H,24,25)/b23-15-/t20-/m1/s1. The number of hydrogen-bond acceptors (Lipinski definition) is 2. The molecule has 0 radical (unpaired) electrons. The summed E-state index contributed by atoms with van der Waals surface area (Å²) < 4.78 is 0. The highest BCUT2D eigenvalue weighted by Gasteiger charge is 2.30.